The molecule has 0 bridgehead atoms. The van der Waals surface area contributed by atoms with Gasteiger partial charge in [0, 0.05) is 13.2 Å². The van der Waals surface area contributed by atoms with Crippen LogP contribution in [0.4, 0.5) is 0 Å². The number of ether oxygens (including phenoxy) is 1. The molecule has 0 aromatic heterocycles. The predicted molar refractivity (Wildman–Crippen MR) is 54.9 cm³/mol. The van der Waals surface area contributed by atoms with E-state index in [1.807, 2.05) is 21.0 Å². The Kier molecular flexibility index (Phi) is 5.53. The molecule has 1 N–H and O–H groups in total. The van der Waals surface area contributed by atoms with Crippen molar-refractivity contribution >= 4 is 0 Å². The third-order valence-electron chi connectivity index (χ3n) is 1.74. The van der Waals surface area contributed by atoms with Gasteiger partial charge in [-0.1, -0.05) is 0 Å². The Labute approximate surface area is 81.7 Å². The average molecular weight is 189 g/mol. The van der Waals surface area contributed by atoms with Crippen molar-refractivity contribution in [1.29, 1.82) is 0 Å². The summed E-state index contributed by atoms with van der Waals surface area (Å²) in [5.74, 6) is 0. The van der Waals surface area contributed by atoms with Crippen LogP contribution in [0.15, 0.2) is 0 Å². The Morgan fingerprint density at radius 1 is 1.38 bits per heavy atom. The summed E-state index contributed by atoms with van der Waals surface area (Å²) in [6, 6.07) is 0. The van der Waals surface area contributed by atoms with E-state index in [0.29, 0.717) is 13.0 Å². The van der Waals surface area contributed by atoms with E-state index in [2.05, 4.69) is 4.90 Å². The molecule has 80 valence electrons. The van der Waals surface area contributed by atoms with Crippen LogP contribution in [-0.2, 0) is 4.74 Å². The van der Waals surface area contributed by atoms with Gasteiger partial charge in [0.2, 0.25) is 0 Å². The van der Waals surface area contributed by atoms with E-state index < -0.39 is 5.60 Å². The number of rotatable bonds is 6. The van der Waals surface area contributed by atoms with Gasteiger partial charge >= 0.3 is 0 Å². The number of nitrogens with zero attached hydrogens (tertiary/aromatic N) is 1. The highest BCUT2D eigenvalue weighted by Gasteiger charge is 2.12. The largest absolute Gasteiger partial charge is 0.390 e. The van der Waals surface area contributed by atoms with Gasteiger partial charge in [-0.2, -0.15) is 0 Å². The topological polar surface area (TPSA) is 32.7 Å². The highest BCUT2D eigenvalue weighted by molar-refractivity contribution is 4.64. The maximum Gasteiger partial charge on any atom is 0.0673 e. The van der Waals surface area contributed by atoms with Crippen LogP contribution in [0.1, 0.15) is 27.2 Å². The molecular weight excluding hydrogens is 166 g/mol. The third kappa shape index (κ3) is 9.80. The van der Waals surface area contributed by atoms with Crippen molar-refractivity contribution in [1.82, 2.24) is 4.90 Å². The zero-order valence-corrected chi connectivity index (χ0v) is 9.50. The fourth-order valence-corrected chi connectivity index (χ4v) is 1.08. The van der Waals surface area contributed by atoms with E-state index in [1.54, 1.807) is 13.8 Å². The highest BCUT2D eigenvalue weighted by atomic mass is 16.5. The molecule has 0 saturated heterocycles. The molecule has 0 aromatic rings. The van der Waals surface area contributed by atoms with Gasteiger partial charge in [-0.3, -0.25) is 0 Å². The first kappa shape index (κ1) is 12.9. The van der Waals surface area contributed by atoms with Crippen molar-refractivity contribution in [3.05, 3.63) is 0 Å². The second-order valence-electron chi connectivity index (χ2n) is 4.51. The fraction of sp³-hybridized carbons (Fsp3) is 1.00. The minimum Gasteiger partial charge on any atom is -0.390 e. The van der Waals surface area contributed by atoms with Crippen molar-refractivity contribution in [2.45, 2.75) is 38.9 Å². The monoisotopic (exact) mass is 189 g/mol. The van der Waals surface area contributed by atoms with Crippen LogP contribution in [0.2, 0.25) is 0 Å². The number of aliphatic hydroxyl groups is 1. The predicted octanol–water partition coefficient (Wildman–Crippen LogP) is 1.11. The molecule has 0 aromatic carbocycles. The molecule has 3 heteroatoms. The van der Waals surface area contributed by atoms with Gasteiger partial charge in [0.15, 0.2) is 0 Å². The van der Waals surface area contributed by atoms with Crippen molar-refractivity contribution < 1.29 is 9.84 Å². The molecule has 0 spiro atoms. The van der Waals surface area contributed by atoms with Gasteiger partial charge in [0.1, 0.15) is 0 Å². The van der Waals surface area contributed by atoms with Crippen molar-refractivity contribution in [3.63, 3.8) is 0 Å². The summed E-state index contributed by atoms with van der Waals surface area (Å²) in [5.41, 5.74) is -0.613. The molecule has 3 nitrogen and oxygen atoms in total. The lowest BCUT2D eigenvalue weighted by Gasteiger charge is -2.21. The third-order valence-corrected chi connectivity index (χ3v) is 1.74. The maximum atomic E-state index is 9.42. The average Bonchev–Trinajstić information content (AvgIpc) is 1.81. The summed E-state index contributed by atoms with van der Waals surface area (Å²) >= 11 is 0. The van der Waals surface area contributed by atoms with Crippen LogP contribution in [-0.4, -0.2) is 49.0 Å². The molecule has 0 radical (unpaired) electrons. The molecular formula is C10H23NO2. The summed E-state index contributed by atoms with van der Waals surface area (Å²) in [4.78, 5) is 2.09. The smallest absolute Gasteiger partial charge is 0.0673 e. The summed E-state index contributed by atoms with van der Waals surface area (Å²) in [7, 11) is 4.05. The Morgan fingerprint density at radius 3 is 2.31 bits per heavy atom. The number of likely N-dealkylation sites (N-methyl/N-ethyl adjacent to an activating group) is 1. The lowest BCUT2D eigenvalue weighted by molar-refractivity contribution is -0.00243. The van der Waals surface area contributed by atoms with Gasteiger partial charge < -0.3 is 14.7 Å². The van der Waals surface area contributed by atoms with Crippen LogP contribution < -0.4 is 0 Å². The lowest BCUT2D eigenvalue weighted by atomic mass is 10.1. The van der Waals surface area contributed by atoms with Crippen molar-refractivity contribution in [2.24, 2.45) is 0 Å². The molecule has 0 amide bonds. The quantitative estimate of drug-likeness (QED) is 0.679. The molecule has 0 fully saturated rings. The first-order valence-corrected chi connectivity index (χ1v) is 4.80. The second-order valence-corrected chi connectivity index (χ2v) is 4.51. The Morgan fingerprint density at radius 2 is 1.92 bits per heavy atom. The standard InChI is InChI=1S/C10H23NO2/c1-9(8-11(4)5)13-7-6-10(2,3)12/h9,12H,6-8H2,1-5H3. The number of hydrogen-bond acceptors (Lipinski definition) is 3. The van der Waals surface area contributed by atoms with Crippen molar-refractivity contribution in [3.8, 4) is 0 Å². The van der Waals surface area contributed by atoms with Crippen LogP contribution in [0.5, 0.6) is 0 Å². The first-order chi connectivity index (χ1) is 5.81. The Hall–Kier alpha value is -0.120. The minimum atomic E-state index is -0.613. The molecule has 1 atom stereocenters. The van der Waals surface area contributed by atoms with E-state index in [-0.39, 0.29) is 6.10 Å². The van der Waals surface area contributed by atoms with Gasteiger partial charge in [0.25, 0.3) is 0 Å². The van der Waals surface area contributed by atoms with Gasteiger partial charge in [-0.25, -0.2) is 0 Å². The normalized spacial score (nSPS) is 15.0. The molecule has 0 aliphatic heterocycles. The number of hydrogen-bond donors (Lipinski definition) is 1. The van der Waals surface area contributed by atoms with E-state index in [9.17, 15) is 5.11 Å². The Balaban J connectivity index is 3.42. The molecule has 0 saturated carbocycles. The SMILES string of the molecule is CC(CN(C)C)OCCC(C)(C)O. The van der Waals surface area contributed by atoms with Gasteiger partial charge in [0.05, 0.1) is 11.7 Å². The fourth-order valence-electron chi connectivity index (χ4n) is 1.08. The molecule has 1 unspecified atom stereocenters. The molecule has 0 heterocycles. The van der Waals surface area contributed by atoms with E-state index >= 15 is 0 Å². The molecule has 13 heavy (non-hydrogen) atoms. The molecule has 0 aliphatic carbocycles. The minimum absolute atomic E-state index is 0.234. The molecule has 0 rings (SSSR count). The zero-order chi connectivity index (χ0) is 10.5. The summed E-state index contributed by atoms with van der Waals surface area (Å²) in [6.07, 6.45) is 0.919. The van der Waals surface area contributed by atoms with Crippen molar-refractivity contribution in [2.75, 3.05) is 27.2 Å². The van der Waals surface area contributed by atoms with Gasteiger partial charge in [-0.05, 0) is 41.3 Å². The first-order valence-electron chi connectivity index (χ1n) is 4.80. The lowest BCUT2D eigenvalue weighted by Crippen LogP contribution is -2.28. The van der Waals surface area contributed by atoms with Gasteiger partial charge in [-0.15, -0.1) is 0 Å². The van der Waals surface area contributed by atoms with E-state index in [0.717, 1.165) is 6.54 Å². The van der Waals surface area contributed by atoms with E-state index in [4.69, 9.17) is 4.74 Å². The summed E-state index contributed by atoms with van der Waals surface area (Å²) < 4.78 is 5.53. The van der Waals surface area contributed by atoms with Crippen LogP contribution in [0.3, 0.4) is 0 Å². The summed E-state index contributed by atoms with van der Waals surface area (Å²) in [6.45, 7) is 7.19. The van der Waals surface area contributed by atoms with E-state index in [1.165, 1.54) is 0 Å². The van der Waals surface area contributed by atoms with Crippen LogP contribution in [0.25, 0.3) is 0 Å². The summed E-state index contributed by atoms with van der Waals surface area (Å²) in [5, 5.41) is 9.42. The van der Waals surface area contributed by atoms with Crippen LogP contribution in [0, 0.1) is 0 Å². The molecule has 0 aliphatic rings. The zero-order valence-electron chi connectivity index (χ0n) is 9.50. The Bertz CT molecular complexity index is 129. The second kappa shape index (κ2) is 5.58. The van der Waals surface area contributed by atoms with Crippen LogP contribution >= 0.6 is 0 Å². The maximum absolute atomic E-state index is 9.42. The highest BCUT2D eigenvalue weighted by Crippen LogP contribution is 2.07.